The first-order valence-electron chi connectivity index (χ1n) is 18.8. The first-order chi connectivity index (χ1) is 24.7. The lowest BCUT2D eigenvalue weighted by atomic mass is 9.71. The van der Waals surface area contributed by atoms with Gasteiger partial charge in [-0.3, -0.25) is 19.7 Å². The van der Waals surface area contributed by atoms with Gasteiger partial charge in [-0.05, 0) is 87.8 Å². The highest BCUT2D eigenvalue weighted by atomic mass is 35.5. The maximum absolute atomic E-state index is 15.3. The monoisotopic (exact) mass is 745 g/mol. The van der Waals surface area contributed by atoms with E-state index in [0.717, 1.165) is 42.5 Å². The van der Waals surface area contributed by atoms with Crippen LogP contribution in [0, 0.1) is 5.92 Å². The van der Waals surface area contributed by atoms with Crippen molar-refractivity contribution in [2.24, 2.45) is 10.9 Å². The first-order valence-corrected chi connectivity index (χ1v) is 19.5. The second kappa shape index (κ2) is 15.0. The number of piperidine rings is 1. The summed E-state index contributed by atoms with van der Waals surface area (Å²) in [4.78, 5) is 44.8. The predicted octanol–water partition coefficient (Wildman–Crippen LogP) is 9.60. The van der Waals surface area contributed by atoms with Crippen molar-refractivity contribution in [2.45, 2.75) is 109 Å². The second-order valence-corrected chi connectivity index (χ2v) is 16.9. The summed E-state index contributed by atoms with van der Waals surface area (Å²) in [6, 6.07) is 17.6. The van der Waals surface area contributed by atoms with Gasteiger partial charge in [0.15, 0.2) is 0 Å². The van der Waals surface area contributed by atoms with Crippen LogP contribution in [0.1, 0.15) is 109 Å². The molecule has 8 nitrogen and oxygen atoms in total. The minimum absolute atomic E-state index is 0.149. The Morgan fingerprint density at radius 3 is 2.06 bits per heavy atom. The van der Waals surface area contributed by atoms with Gasteiger partial charge in [0.2, 0.25) is 5.91 Å². The standard InChI is InChI=1S/C42H53Cl2N5O3/c1-8-52-35-26-36(40(2,3)4)45-27-34(35)38-46-41(5,29-13-17-31(43)18-14-29)42(6,30-15-19-32(44)20-16-30)49(38)39(51)48-23-21-28(22-24-48)25-37(50)47(7)33-11-9-10-12-33/h13-20,26-28,33H,8-12,21-25H2,1-7H3/t41-,42+/m0/s1. The number of aliphatic imine (C=N–C) groups is 1. The average molecular weight is 747 g/mol. The molecule has 6 rings (SSSR count). The van der Waals surface area contributed by atoms with Crippen LogP contribution < -0.4 is 4.74 Å². The van der Waals surface area contributed by atoms with Gasteiger partial charge in [0.25, 0.3) is 0 Å². The molecule has 278 valence electrons. The van der Waals surface area contributed by atoms with E-state index in [4.69, 9.17) is 37.9 Å². The molecule has 0 spiro atoms. The number of hydrogen-bond donors (Lipinski definition) is 0. The van der Waals surface area contributed by atoms with Gasteiger partial charge in [-0.25, -0.2) is 4.79 Å². The van der Waals surface area contributed by atoms with E-state index in [1.807, 2.05) is 83.3 Å². The second-order valence-electron chi connectivity index (χ2n) is 16.0. The van der Waals surface area contributed by atoms with Gasteiger partial charge >= 0.3 is 6.03 Å². The quantitative estimate of drug-likeness (QED) is 0.230. The van der Waals surface area contributed by atoms with Crippen molar-refractivity contribution in [1.29, 1.82) is 0 Å². The lowest BCUT2D eigenvalue weighted by Crippen LogP contribution is -2.59. The van der Waals surface area contributed by atoms with Gasteiger partial charge < -0.3 is 14.5 Å². The zero-order valence-electron chi connectivity index (χ0n) is 31.7. The van der Waals surface area contributed by atoms with E-state index in [0.29, 0.717) is 59.4 Å². The van der Waals surface area contributed by atoms with Crippen LogP contribution in [-0.2, 0) is 21.3 Å². The van der Waals surface area contributed by atoms with Crippen LogP contribution in [0.15, 0.2) is 65.8 Å². The van der Waals surface area contributed by atoms with Gasteiger partial charge in [0.1, 0.15) is 22.7 Å². The summed E-state index contributed by atoms with van der Waals surface area (Å²) in [6.45, 7) is 14.0. The molecule has 3 aliphatic rings. The molecule has 3 aromatic rings. The highest BCUT2D eigenvalue weighted by Crippen LogP contribution is 2.54. The van der Waals surface area contributed by atoms with E-state index in [1.165, 1.54) is 12.8 Å². The summed E-state index contributed by atoms with van der Waals surface area (Å²) < 4.78 is 6.30. The number of halogens is 2. The molecule has 0 bridgehead atoms. The zero-order valence-corrected chi connectivity index (χ0v) is 33.2. The van der Waals surface area contributed by atoms with Crippen LogP contribution in [0.5, 0.6) is 5.75 Å². The van der Waals surface area contributed by atoms with E-state index >= 15 is 4.79 Å². The summed E-state index contributed by atoms with van der Waals surface area (Å²) in [7, 11) is 1.96. The molecule has 2 fully saturated rings. The van der Waals surface area contributed by atoms with E-state index in [-0.39, 0.29) is 23.3 Å². The van der Waals surface area contributed by atoms with Gasteiger partial charge in [0, 0.05) is 66.0 Å². The maximum Gasteiger partial charge on any atom is 0.326 e. The number of likely N-dealkylation sites (tertiary alicyclic amines) is 1. The number of urea groups is 1. The minimum atomic E-state index is -1.01. The fraction of sp³-hybridized carbons (Fsp3) is 0.524. The SMILES string of the molecule is CCOc1cc(C(C)(C)C)ncc1C1=N[C@@](C)(c2ccc(Cl)cc2)[C@@](C)(c2ccc(Cl)cc2)N1C(=O)N1CCC(CC(=O)N(C)C2CCCC2)CC1. The zero-order chi connectivity index (χ0) is 37.4. The average Bonchev–Trinajstić information content (AvgIpc) is 3.74. The molecular weight excluding hydrogens is 693 g/mol. The number of rotatable bonds is 8. The number of benzene rings is 2. The molecule has 1 saturated carbocycles. The van der Waals surface area contributed by atoms with Gasteiger partial charge in [-0.1, -0.05) is 81.1 Å². The van der Waals surface area contributed by atoms with E-state index in [9.17, 15) is 4.79 Å². The molecule has 1 aliphatic carbocycles. The van der Waals surface area contributed by atoms with E-state index in [2.05, 4.69) is 34.6 Å². The molecule has 0 unspecified atom stereocenters. The third-order valence-electron chi connectivity index (χ3n) is 11.7. The van der Waals surface area contributed by atoms with Gasteiger partial charge in [-0.15, -0.1) is 0 Å². The predicted molar refractivity (Wildman–Crippen MR) is 209 cm³/mol. The Morgan fingerprint density at radius 2 is 1.50 bits per heavy atom. The number of amidine groups is 1. The first kappa shape index (κ1) is 38.1. The number of hydrogen-bond acceptors (Lipinski definition) is 5. The van der Waals surface area contributed by atoms with E-state index < -0.39 is 11.1 Å². The Morgan fingerprint density at radius 1 is 0.923 bits per heavy atom. The molecule has 3 heterocycles. The van der Waals surface area contributed by atoms with Gasteiger partial charge in [0.05, 0.1) is 12.2 Å². The normalized spacial score (nSPS) is 22.8. The highest BCUT2D eigenvalue weighted by Gasteiger charge is 2.60. The summed E-state index contributed by atoms with van der Waals surface area (Å²) in [5.41, 5.74) is 1.13. The number of nitrogens with zero attached hydrogens (tertiary/aromatic N) is 5. The van der Waals surface area contributed by atoms with Crippen LogP contribution in [0.4, 0.5) is 4.79 Å². The fourth-order valence-electron chi connectivity index (χ4n) is 8.21. The Kier molecular flexibility index (Phi) is 11.0. The molecule has 2 aliphatic heterocycles. The third kappa shape index (κ3) is 7.17. The summed E-state index contributed by atoms with van der Waals surface area (Å²) in [5.74, 6) is 1.57. The lowest BCUT2D eigenvalue weighted by Gasteiger charge is -2.47. The number of aromatic nitrogens is 1. The Labute approximate surface area is 319 Å². The number of amides is 3. The van der Waals surface area contributed by atoms with E-state index in [1.54, 1.807) is 6.20 Å². The maximum atomic E-state index is 15.3. The molecule has 2 aromatic carbocycles. The van der Waals surface area contributed by atoms with Crippen molar-refractivity contribution in [2.75, 3.05) is 26.7 Å². The Hall–Kier alpha value is -3.62. The van der Waals surface area contributed by atoms with Crippen molar-refractivity contribution >= 4 is 41.0 Å². The molecule has 3 amide bonds. The Bertz CT molecular complexity index is 1790. The number of carbonyl (C=O) groups excluding carboxylic acids is 2. The number of ether oxygens (including phenoxy) is 1. The minimum Gasteiger partial charge on any atom is -0.493 e. The van der Waals surface area contributed by atoms with Crippen molar-refractivity contribution < 1.29 is 14.3 Å². The van der Waals surface area contributed by atoms with Crippen molar-refractivity contribution in [1.82, 2.24) is 19.7 Å². The fourth-order valence-corrected chi connectivity index (χ4v) is 8.47. The van der Waals surface area contributed by atoms with Gasteiger partial charge in [-0.2, -0.15) is 0 Å². The highest BCUT2D eigenvalue weighted by molar-refractivity contribution is 6.30. The van der Waals surface area contributed by atoms with Crippen molar-refractivity contribution in [3.63, 3.8) is 0 Å². The van der Waals surface area contributed by atoms with Crippen LogP contribution in [0.3, 0.4) is 0 Å². The van der Waals surface area contributed by atoms with Crippen molar-refractivity contribution in [3.8, 4) is 5.75 Å². The Balaban J connectivity index is 1.42. The van der Waals surface area contributed by atoms with Crippen LogP contribution in [-0.4, -0.2) is 70.2 Å². The summed E-state index contributed by atoms with van der Waals surface area (Å²) in [6.07, 6.45) is 8.42. The van der Waals surface area contributed by atoms with Crippen LogP contribution >= 0.6 is 23.2 Å². The molecular formula is C42H53Cl2N5O3. The smallest absolute Gasteiger partial charge is 0.326 e. The molecule has 1 aromatic heterocycles. The lowest BCUT2D eigenvalue weighted by molar-refractivity contribution is -0.133. The number of pyridine rings is 1. The van der Waals surface area contributed by atoms with Crippen LogP contribution in [0.25, 0.3) is 0 Å². The molecule has 2 atom stereocenters. The topological polar surface area (TPSA) is 78.3 Å². The molecule has 0 N–H and O–H groups in total. The molecule has 0 radical (unpaired) electrons. The van der Waals surface area contributed by atoms with Crippen LogP contribution in [0.2, 0.25) is 10.0 Å². The number of carbonyl (C=O) groups is 2. The largest absolute Gasteiger partial charge is 0.493 e. The third-order valence-corrected chi connectivity index (χ3v) is 12.2. The summed E-state index contributed by atoms with van der Waals surface area (Å²) in [5, 5.41) is 1.22. The molecule has 1 saturated heterocycles. The molecule has 52 heavy (non-hydrogen) atoms. The summed E-state index contributed by atoms with van der Waals surface area (Å²) >= 11 is 12.8. The van der Waals surface area contributed by atoms with Crippen molar-refractivity contribution in [3.05, 3.63) is 93.2 Å². The molecule has 10 heteroatoms.